The van der Waals surface area contributed by atoms with Crippen LogP contribution in [0.3, 0.4) is 0 Å². The third kappa shape index (κ3) is 7.43. The molecule has 4 nitrogen and oxygen atoms in total. The molecular formula is C7H15ClIO4P. The summed E-state index contributed by atoms with van der Waals surface area (Å²) < 4.78 is 24.7. The number of rotatable bonds is 9. The predicted molar refractivity (Wildman–Crippen MR) is 64.4 cm³/mol. The maximum absolute atomic E-state index is 11.2. The minimum atomic E-state index is -3.48. The first-order chi connectivity index (χ1) is 6.68. The van der Waals surface area contributed by atoms with Crippen molar-refractivity contribution in [2.45, 2.75) is 39.0 Å². The smallest absolute Gasteiger partial charge is 0.285 e. The average Bonchev–Trinajstić information content (AvgIpc) is 2.23. The second kappa shape index (κ2) is 9.36. The molecule has 0 spiro atoms. The first-order valence-corrected chi connectivity index (χ1v) is 7.18. The highest BCUT2D eigenvalue weighted by Crippen LogP contribution is 2.52. The summed E-state index contributed by atoms with van der Waals surface area (Å²) in [5.41, 5.74) is 0. The summed E-state index contributed by atoms with van der Waals surface area (Å²) in [4.78, 5) is 0. The summed E-state index contributed by atoms with van der Waals surface area (Å²) in [6.45, 7) is 2.49. The van der Waals surface area contributed by atoms with E-state index in [0.717, 1.165) is 19.3 Å². The Hall–Kier alpha value is 1.13. The molecule has 0 amide bonds. The van der Waals surface area contributed by atoms with Gasteiger partial charge < -0.3 is 0 Å². The van der Waals surface area contributed by atoms with Crippen molar-refractivity contribution in [1.29, 1.82) is 0 Å². The standard InChI is InChI=1S/C7H15ClIO4P/c1-2-3-4-5-6-7-11-14(10,12-8)13-9/h2-7H2,1H3. The van der Waals surface area contributed by atoms with Gasteiger partial charge in [-0.3, -0.25) is 4.52 Å². The van der Waals surface area contributed by atoms with Crippen molar-refractivity contribution in [3.8, 4) is 0 Å². The summed E-state index contributed by atoms with van der Waals surface area (Å²) >= 11 is 6.40. The molecule has 0 aromatic heterocycles. The van der Waals surface area contributed by atoms with E-state index in [2.05, 4.69) is 13.9 Å². The van der Waals surface area contributed by atoms with Crippen LogP contribution < -0.4 is 0 Å². The lowest BCUT2D eigenvalue weighted by Gasteiger charge is -2.09. The molecule has 0 saturated carbocycles. The minimum Gasteiger partial charge on any atom is -0.285 e. The van der Waals surface area contributed by atoms with Gasteiger partial charge in [0.2, 0.25) is 0 Å². The number of hydrogen-bond acceptors (Lipinski definition) is 4. The molecule has 0 saturated heterocycles. The Kier molecular flexibility index (Phi) is 10.1. The molecule has 0 aliphatic rings. The van der Waals surface area contributed by atoms with Crippen molar-refractivity contribution < 1.29 is 16.0 Å². The van der Waals surface area contributed by atoms with Gasteiger partial charge in [0.15, 0.2) is 0 Å². The van der Waals surface area contributed by atoms with Gasteiger partial charge in [0.25, 0.3) is 0 Å². The van der Waals surface area contributed by atoms with E-state index in [0.29, 0.717) is 6.61 Å². The van der Waals surface area contributed by atoms with Crippen molar-refractivity contribution in [1.82, 2.24) is 0 Å². The summed E-state index contributed by atoms with van der Waals surface area (Å²) in [6, 6.07) is 0. The zero-order valence-electron chi connectivity index (χ0n) is 8.08. The number of phosphoric acid groups is 1. The van der Waals surface area contributed by atoms with Crippen molar-refractivity contribution in [3.05, 3.63) is 0 Å². The van der Waals surface area contributed by atoms with Crippen LogP contribution in [0.25, 0.3) is 0 Å². The molecule has 7 heteroatoms. The lowest BCUT2D eigenvalue weighted by Crippen LogP contribution is -1.93. The zero-order valence-corrected chi connectivity index (χ0v) is 11.9. The summed E-state index contributed by atoms with van der Waals surface area (Å²) in [7, 11) is -3.48. The molecule has 0 aliphatic heterocycles. The normalized spacial score (nSPS) is 15.4. The zero-order chi connectivity index (χ0) is 10.9. The van der Waals surface area contributed by atoms with Crippen LogP contribution in [0.5, 0.6) is 0 Å². The molecule has 0 bridgehead atoms. The Morgan fingerprint density at radius 1 is 1.29 bits per heavy atom. The van der Waals surface area contributed by atoms with E-state index in [1.807, 2.05) is 0 Å². The Balaban J connectivity index is 3.39. The van der Waals surface area contributed by atoms with Crippen LogP contribution in [0.1, 0.15) is 39.0 Å². The van der Waals surface area contributed by atoms with Gasteiger partial charge in [0.1, 0.15) is 23.0 Å². The highest BCUT2D eigenvalue weighted by Gasteiger charge is 2.25. The van der Waals surface area contributed by atoms with E-state index in [9.17, 15) is 4.57 Å². The van der Waals surface area contributed by atoms with Crippen molar-refractivity contribution in [3.63, 3.8) is 0 Å². The van der Waals surface area contributed by atoms with Crippen LogP contribution in [-0.4, -0.2) is 6.61 Å². The minimum absolute atomic E-state index is 0.344. The van der Waals surface area contributed by atoms with Crippen LogP contribution in [0.2, 0.25) is 0 Å². The molecular weight excluding hydrogens is 341 g/mol. The van der Waals surface area contributed by atoms with Gasteiger partial charge in [-0.1, -0.05) is 32.6 Å². The third-order valence-electron chi connectivity index (χ3n) is 1.67. The molecule has 0 rings (SSSR count). The van der Waals surface area contributed by atoms with Gasteiger partial charge in [-0.25, -0.2) is 7.42 Å². The Morgan fingerprint density at radius 3 is 2.43 bits per heavy atom. The fourth-order valence-electron chi connectivity index (χ4n) is 0.932. The van der Waals surface area contributed by atoms with Crippen LogP contribution in [-0.2, 0) is 16.0 Å². The van der Waals surface area contributed by atoms with Crippen LogP contribution in [0.15, 0.2) is 0 Å². The van der Waals surface area contributed by atoms with Crippen LogP contribution in [0, 0.1) is 0 Å². The molecule has 0 heterocycles. The Bertz CT molecular complexity index is 173. The Labute approximate surface area is 104 Å². The van der Waals surface area contributed by atoms with Gasteiger partial charge in [-0.2, -0.15) is 4.08 Å². The van der Waals surface area contributed by atoms with Crippen LogP contribution in [0.4, 0.5) is 0 Å². The van der Waals surface area contributed by atoms with Crippen LogP contribution >= 0.6 is 42.7 Å². The van der Waals surface area contributed by atoms with E-state index in [1.165, 1.54) is 35.8 Å². The first-order valence-electron chi connectivity index (χ1n) is 4.53. The predicted octanol–water partition coefficient (Wildman–Crippen LogP) is 4.62. The van der Waals surface area contributed by atoms with Gasteiger partial charge >= 0.3 is 7.82 Å². The topological polar surface area (TPSA) is 44.8 Å². The molecule has 0 fully saturated rings. The molecule has 0 aliphatic carbocycles. The van der Waals surface area contributed by atoms with Crippen molar-refractivity contribution in [2.75, 3.05) is 6.61 Å². The van der Waals surface area contributed by atoms with E-state index in [-0.39, 0.29) is 0 Å². The molecule has 0 aromatic carbocycles. The lowest BCUT2D eigenvalue weighted by atomic mass is 10.2. The van der Waals surface area contributed by atoms with E-state index in [1.54, 1.807) is 0 Å². The van der Waals surface area contributed by atoms with E-state index in [4.69, 9.17) is 16.4 Å². The lowest BCUT2D eigenvalue weighted by molar-refractivity contribution is 0.225. The second-order valence-corrected chi connectivity index (χ2v) is 5.86. The number of halogens is 2. The van der Waals surface area contributed by atoms with Crippen molar-refractivity contribution in [2.24, 2.45) is 0 Å². The molecule has 0 radical (unpaired) electrons. The maximum Gasteiger partial charge on any atom is 0.500 e. The summed E-state index contributed by atoms with van der Waals surface area (Å²) in [5.74, 6) is 0. The Morgan fingerprint density at radius 2 is 1.93 bits per heavy atom. The van der Waals surface area contributed by atoms with E-state index < -0.39 is 7.82 Å². The van der Waals surface area contributed by atoms with Gasteiger partial charge in [-0.05, 0) is 6.42 Å². The molecule has 0 N–H and O–H groups in total. The average molecular weight is 357 g/mol. The molecule has 1 unspecified atom stereocenters. The fourth-order valence-corrected chi connectivity index (χ4v) is 2.46. The highest BCUT2D eigenvalue weighted by molar-refractivity contribution is 14.1. The molecule has 14 heavy (non-hydrogen) atoms. The quantitative estimate of drug-likeness (QED) is 0.343. The molecule has 1 atom stereocenters. The van der Waals surface area contributed by atoms with Gasteiger partial charge in [0.05, 0.1) is 18.5 Å². The second-order valence-electron chi connectivity index (χ2n) is 2.83. The third-order valence-corrected chi connectivity index (χ3v) is 4.46. The van der Waals surface area contributed by atoms with Gasteiger partial charge in [0, 0.05) is 0 Å². The summed E-state index contributed by atoms with van der Waals surface area (Å²) in [5, 5.41) is 0. The van der Waals surface area contributed by atoms with E-state index >= 15 is 0 Å². The van der Waals surface area contributed by atoms with Crippen molar-refractivity contribution >= 4 is 42.7 Å². The largest absolute Gasteiger partial charge is 0.500 e. The fraction of sp³-hybridized carbons (Fsp3) is 1.00. The molecule has 0 aromatic rings. The number of hydrogen-bond donors (Lipinski definition) is 0. The number of unbranched alkanes of at least 4 members (excludes halogenated alkanes) is 4. The monoisotopic (exact) mass is 356 g/mol. The summed E-state index contributed by atoms with van der Waals surface area (Å²) in [6.07, 6.45) is 5.46. The van der Waals surface area contributed by atoms with Gasteiger partial charge in [-0.15, -0.1) is 0 Å². The SMILES string of the molecule is CCCCCCCOP(=O)(OCl)OI. The maximum atomic E-state index is 11.2. The first kappa shape index (κ1) is 15.1. The molecule has 86 valence electrons. The highest BCUT2D eigenvalue weighted by atomic mass is 127.